The van der Waals surface area contributed by atoms with Crippen LogP contribution in [0.5, 0.6) is 0 Å². The van der Waals surface area contributed by atoms with Crippen LogP contribution in [-0.4, -0.2) is 13.2 Å². The van der Waals surface area contributed by atoms with Gasteiger partial charge in [0.2, 0.25) is 0 Å². The minimum Gasteiger partial charge on any atom is -0.376 e. The Morgan fingerprint density at radius 1 is 1.32 bits per heavy atom. The molecule has 1 aliphatic carbocycles. The lowest BCUT2D eigenvalue weighted by molar-refractivity contribution is 0.0870. The molecule has 0 aliphatic heterocycles. The second-order valence-electron chi connectivity index (χ2n) is 4.98. The highest BCUT2D eigenvalue weighted by Gasteiger charge is 2.15. The van der Waals surface area contributed by atoms with Crippen molar-refractivity contribution in [1.29, 1.82) is 0 Å². The molecular weight excluding hydrogens is 241 g/mol. The second-order valence-corrected chi connectivity index (χ2v) is 4.98. The van der Waals surface area contributed by atoms with E-state index in [4.69, 9.17) is 10.5 Å². The molecule has 2 rings (SSSR count). The number of benzene rings is 1. The molecule has 1 fully saturated rings. The van der Waals surface area contributed by atoms with E-state index in [0.717, 1.165) is 6.61 Å². The van der Waals surface area contributed by atoms with Crippen molar-refractivity contribution in [2.45, 2.75) is 32.3 Å². The lowest BCUT2D eigenvalue weighted by Gasteiger charge is -2.10. The quantitative estimate of drug-likeness (QED) is 0.846. The Hall–Kier alpha value is -1.37. The Balaban J connectivity index is 1.86. The summed E-state index contributed by atoms with van der Waals surface area (Å²) < 4.78 is 19.4. The Morgan fingerprint density at radius 2 is 2.11 bits per heavy atom. The van der Waals surface area contributed by atoms with Crippen molar-refractivity contribution in [1.82, 2.24) is 0 Å². The summed E-state index contributed by atoms with van der Waals surface area (Å²) >= 11 is 0. The number of hydrogen-bond acceptors (Lipinski definition) is 2. The lowest BCUT2D eigenvalue weighted by Crippen LogP contribution is -2.06. The van der Waals surface area contributed by atoms with Crippen LogP contribution in [0.4, 0.5) is 4.39 Å². The Labute approximate surface area is 114 Å². The topological polar surface area (TPSA) is 35.2 Å². The fourth-order valence-electron chi connectivity index (χ4n) is 2.41. The number of ether oxygens (including phenoxy) is 1. The van der Waals surface area contributed by atoms with Crippen molar-refractivity contribution >= 4 is 0 Å². The van der Waals surface area contributed by atoms with Crippen molar-refractivity contribution in [3.63, 3.8) is 0 Å². The molecule has 0 unspecified atom stereocenters. The standard InChI is InChI=1S/C16H20FNO/c17-16-10-13(6-3-9-18)7-8-15(16)12-19-11-14-4-1-2-5-14/h7-8,10,14H,1-2,4-5,9,11-12,18H2. The van der Waals surface area contributed by atoms with Gasteiger partial charge in [0.05, 0.1) is 13.2 Å². The maximum atomic E-state index is 13.8. The third-order valence-electron chi connectivity index (χ3n) is 3.47. The highest BCUT2D eigenvalue weighted by atomic mass is 19.1. The molecule has 0 atom stereocenters. The molecule has 0 bridgehead atoms. The van der Waals surface area contributed by atoms with E-state index in [9.17, 15) is 4.39 Å². The second kappa shape index (κ2) is 7.28. The predicted octanol–water partition coefficient (Wildman–Crippen LogP) is 2.84. The minimum atomic E-state index is -0.254. The zero-order valence-corrected chi connectivity index (χ0v) is 11.1. The van der Waals surface area contributed by atoms with E-state index in [1.807, 2.05) is 0 Å². The molecule has 102 valence electrons. The van der Waals surface area contributed by atoms with Gasteiger partial charge in [-0.05, 0) is 30.9 Å². The number of nitrogens with two attached hydrogens (primary N) is 1. The largest absolute Gasteiger partial charge is 0.376 e. The molecule has 0 aromatic heterocycles. The van der Waals surface area contributed by atoms with Crippen LogP contribution in [-0.2, 0) is 11.3 Å². The monoisotopic (exact) mass is 261 g/mol. The van der Waals surface area contributed by atoms with Crippen molar-refractivity contribution in [3.05, 3.63) is 35.1 Å². The number of rotatable bonds is 4. The lowest BCUT2D eigenvalue weighted by atomic mass is 10.1. The Kier molecular flexibility index (Phi) is 5.38. The van der Waals surface area contributed by atoms with Crippen LogP contribution in [0.1, 0.15) is 36.8 Å². The maximum absolute atomic E-state index is 13.8. The summed E-state index contributed by atoms with van der Waals surface area (Å²) in [4.78, 5) is 0. The molecule has 1 aromatic rings. The molecule has 19 heavy (non-hydrogen) atoms. The molecule has 1 aromatic carbocycles. The first-order chi connectivity index (χ1) is 9.29. The zero-order chi connectivity index (χ0) is 13.5. The van der Waals surface area contributed by atoms with Gasteiger partial charge in [0.1, 0.15) is 5.82 Å². The van der Waals surface area contributed by atoms with Gasteiger partial charge in [-0.25, -0.2) is 4.39 Å². The molecule has 0 heterocycles. The van der Waals surface area contributed by atoms with Gasteiger partial charge in [0, 0.05) is 17.7 Å². The minimum absolute atomic E-state index is 0.254. The summed E-state index contributed by atoms with van der Waals surface area (Å²) in [6, 6.07) is 4.99. The van der Waals surface area contributed by atoms with E-state index in [0.29, 0.717) is 23.7 Å². The van der Waals surface area contributed by atoms with E-state index in [1.165, 1.54) is 31.7 Å². The van der Waals surface area contributed by atoms with E-state index >= 15 is 0 Å². The summed E-state index contributed by atoms with van der Waals surface area (Å²) in [5, 5.41) is 0. The van der Waals surface area contributed by atoms with Gasteiger partial charge in [-0.3, -0.25) is 0 Å². The first-order valence-corrected chi connectivity index (χ1v) is 6.84. The zero-order valence-electron chi connectivity index (χ0n) is 11.1. The van der Waals surface area contributed by atoms with Gasteiger partial charge in [-0.1, -0.05) is 30.7 Å². The van der Waals surface area contributed by atoms with Crippen LogP contribution in [0.3, 0.4) is 0 Å². The molecule has 2 N–H and O–H groups in total. The molecule has 0 spiro atoms. The van der Waals surface area contributed by atoms with Crippen LogP contribution in [0.15, 0.2) is 18.2 Å². The first-order valence-electron chi connectivity index (χ1n) is 6.84. The third-order valence-corrected chi connectivity index (χ3v) is 3.47. The van der Waals surface area contributed by atoms with Gasteiger partial charge >= 0.3 is 0 Å². The Morgan fingerprint density at radius 3 is 2.79 bits per heavy atom. The smallest absolute Gasteiger partial charge is 0.129 e. The van der Waals surface area contributed by atoms with Crippen molar-refractivity contribution < 1.29 is 9.13 Å². The molecule has 0 radical (unpaired) electrons. The molecular formula is C16H20FNO. The van der Waals surface area contributed by atoms with Gasteiger partial charge < -0.3 is 10.5 Å². The molecule has 1 aliphatic rings. The molecule has 0 amide bonds. The predicted molar refractivity (Wildman–Crippen MR) is 73.9 cm³/mol. The molecule has 2 nitrogen and oxygen atoms in total. The summed E-state index contributed by atoms with van der Waals surface area (Å²) in [6.45, 7) is 1.37. The van der Waals surface area contributed by atoms with Gasteiger partial charge in [-0.15, -0.1) is 0 Å². The van der Waals surface area contributed by atoms with Crippen LogP contribution < -0.4 is 5.73 Å². The maximum Gasteiger partial charge on any atom is 0.129 e. The molecule has 1 saturated carbocycles. The molecule has 0 saturated heterocycles. The van der Waals surface area contributed by atoms with E-state index in [1.54, 1.807) is 12.1 Å². The summed E-state index contributed by atoms with van der Waals surface area (Å²) in [7, 11) is 0. The van der Waals surface area contributed by atoms with Crippen LogP contribution in [0, 0.1) is 23.6 Å². The fourth-order valence-corrected chi connectivity index (χ4v) is 2.41. The summed E-state index contributed by atoms with van der Waals surface area (Å²) in [6.07, 6.45) is 5.10. The normalized spacial score (nSPS) is 15.3. The summed E-state index contributed by atoms with van der Waals surface area (Å²) in [5.74, 6) is 5.94. The van der Waals surface area contributed by atoms with Crippen molar-refractivity contribution in [2.24, 2.45) is 11.7 Å². The van der Waals surface area contributed by atoms with Gasteiger partial charge in [0.15, 0.2) is 0 Å². The third kappa shape index (κ3) is 4.34. The van der Waals surface area contributed by atoms with E-state index < -0.39 is 0 Å². The van der Waals surface area contributed by atoms with E-state index in [2.05, 4.69) is 11.8 Å². The SMILES string of the molecule is NCC#Cc1ccc(COCC2CCCC2)c(F)c1. The van der Waals surface area contributed by atoms with Crippen LogP contribution >= 0.6 is 0 Å². The Bertz CT molecular complexity index is 469. The highest BCUT2D eigenvalue weighted by Crippen LogP contribution is 2.25. The van der Waals surface area contributed by atoms with Crippen molar-refractivity contribution in [3.8, 4) is 11.8 Å². The van der Waals surface area contributed by atoms with Crippen molar-refractivity contribution in [2.75, 3.05) is 13.2 Å². The highest BCUT2D eigenvalue weighted by molar-refractivity contribution is 5.37. The molecule has 3 heteroatoms. The first kappa shape index (κ1) is 14.0. The average molecular weight is 261 g/mol. The summed E-state index contributed by atoms with van der Waals surface area (Å²) in [5.41, 5.74) is 6.53. The van der Waals surface area contributed by atoms with Gasteiger partial charge in [0.25, 0.3) is 0 Å². The average Bonchev–Trinajstić information content (AvgIpc) is 2.92. The van der Waals surface area contributed by atoms with Gasteiger partial charge in [-0.2, -0.15) is 0 Å². The van der Waals surface area contributed by atoms with Crippen LogP contribution in [0.25, 0.3) is 0 Å². The fraction of sp³-hybridized carbons (Fsp3) is 0.500. The van der Waals surface area contributed by atoms with Crippen LogP contribution in [0.2, 0.25) is 0 Å². The number of hydrogen-bond donors (Lipinski definition) is 1. The number of halogens is 1. The van der Waals surface area contributed by atoms with E-state index in [-0.39, 0.29) is 12.4 Å².